The summed E-state index contributed by atoms with van der Waals surface area (Å²) >= 11 is 0. The third kappa shape index (κ3) is 3.50. The van der Waals surface area contributed by atoms with Crippen molar-refractivity contribution in [3.63, 3.8) is 0 Å². The fourth-order valence-corrected chi connectivity index (χ4v) is 9.30. The third-order valence-electron chi connectivity index (χ3n) is 10.9. The minimum absolute atomic E-state index is 0.00657. The van der Waals surface area contributed by atoms with E-state index in [4.69, 9.17) is 0 Å². The van der Waals surface area contributed by atoms with Crippen LogP contribution in [0.1, 0.15) is 118 Å². The van der Waals surface area contributed by atoms with Crippen LogP contribution in [0.15, 0.2) is 0 Å². The summed E-state index contributed by atoms with van der Waals surface area (Å²) in [5.41, 5.74) is 1.16. The van der Waals surface area contributed by atoms with Crippen LogP contribution in [-0.2, 0) is 0 Å². The summed E-state index contributed by atoms with van der Waals surface area (Å²) in [4.78, 5) is 0. The Morgan fingerprint density at radius 3 is 2.39 bits per heavy atom. The Morgan fingerprint density at radius 2 is 1.61 bits per heavy atom. The number of aliphatic hydroxyl groups is 1. The predicted octanol–water partition coefficient (Wildman–Crippen LogP) is 7.61. The first-order chi connectivity index (χ1) is 13.4. The van der Waals surface area contributed by atoms with E-state index in [0.29, 0.717) is 10.8 Å². The van der Waals surface area contributed by atoms with E-state index in [9.17, 15) is 5.11 Å². The number of unbranched alkanes of at least 4 members (excludes halogenated alkanes) is 3. The zero-order valence-electron chi connectivity index (χ0n) is 19.4. The maximum Gasteiger partial charge on any atom is 0.0543 e. The quantitative estimate of drug-likeness (QED) is 0.464. The van der Waals surface area contributed by atoms with Crippen LogP contribution in [0, 0.1) is 46.3 Å². The number of rotatable bonds is 6. The molecule has 0 heterocycles. The van der Waals surface area contributed by atoms with Crippen molar-refractivity contribution in [2.45, 2.75) is 124 Å². The summed E-state index contributed by atoms with van der Waals surface area (Å²) in [6.45, 7) is 10.3. The first-order valence-electron chi connectivity index (χ1n) is 13.1. The van der Waals surface area contributed by atoms with Gasteiger partial charge in [0.2, 0.25) is 0 Å². The Bertz CT molecular complexity index is 528. The zero-order valence-corrected chi connectivity index (χ0v) is 19.4. The van der Waals surface area contributed by atoms with Crippen LogP contribution in [0.4, 0.5) is 0 Å². The van der Waals surface area contributed by atoms with E-state index >= 15 is 0 Å². The molecule has 0 aromatic rings. The smallest absolute Gasteiger partial charge is 0.0543 e. The van der Waals surface area contributed by atoms with Gasteiger partial charge in [-0.3, -0.25) is 0 Å². The van der Waals surface area contributed by atoms with Crippen molar-refractivity contribution in [3.05, 3.63) is 0 Å². The fourth-order valence-electron chi connectivity index (χ4n) is 9.30. The maximum absolute atomic E-state index is 10.3. The second kappa shape index (κ2) is 8.24. The van der Waals surface area contributed by atoms with Crippen LogP contribution in [-0.4, -0.2) is 11.2 Å². The van der Waals surface area contributed by atoms with Gasteiger partial charge in [0.1, 0.15) is 0 Å². The highest BCUT2D eigenvalue weighted by molar-refractivity contribution is 5.09. The Kier molecular flexibility index (Phi) is 6.24. The minimum Gasteiger partial charge on any atom is -0.393 e. The molecule has 4 saturated carbocycles. The molecule has 1 N–H and O–H groups in total. The highest BCUT2D eigenvalue weighted by Crippen LogP contribution is 2.68. The first-order valence-corrected chi connectivity index (χ1v) is 13.1. The Morgan fingerprint density at radius 1 is 0.857 bits per heavy atom. The van der Waals surface area contributed by atoms with Crippen LogP contribution in [0.2, 0.25) is 0 Å². The van der Waals surface area contributed by atoms with Crippen LogP contribution in [0.25, 0.3) is 0 Å². The van der Waals surface area contributed by atoms with Crippen molar-refractivity contribution >= 4 is 0 Å². The SMILES string of the molecule is CCCCCCC(C)[C@H]1CC[C@H]2[C@@H]3CC[C@H]4C[C@@H](O)CC[C@]4(C)[C@H]3CC[C@]12C. The van der Waals surface area contributed by atoms with Crippen LogP contribution < -0.4 is 0 Å². The summed E-state index contributed by atoms with van der Waals surface area (Å²) < 4.78 is 0. The number of hydrogen-bond donors (Lipinski definition) is 1. The summed E-state index contributed by atoms with van der Waals surface area (Å²) in [7, 11) is 0. The minimum atomic E-state index is -0.00657. The molecule has 1 nitrogen and oxygen atoms in total. The monoisotopic (exact) mass is 388 g/mol. The molecule has 28 heavy (non-hydrogen) atoms. The normalized spacial score (nSPS) is 49.2. The largest absolute Gasteiger partial charge is 0.393 e. The molecular formula is C27H48O. The highest BCUT2D eigenvalue weighted by atomic mass is 16.3. The molecule has 1 unspecified atom stereocenters. The van der Waals surface area contributed by atoms with Gasteiger partial charge in [0.05, 0.1) is 6.10 Å². The summed E-state index contributed by atoms with van der Waals surface area (Å²) in [5.74, 6) is 5.66. The van der Waals surface area contributed by atoms with Gasteiger partial charge in [-0.25, -0.2) is 0 Å². The molecule has 0 aromatic carbocycles. The van der Waals surface area contributed by atoms with Gasteiger partial charge in [0, 0.05) is 0 Å². The lowest BCUT2D eigenvalue weighted by atomic mass is 9.44. The van der Waals surface area contributed by atoms with Gasteiger partial charge in [-0.1, -0.05) is 59.8 Å². The lowest BCUT2D eigenvalue weighted by molar-refractivity contribution is -0.129. The predicted molar refractivity (Wildman–Crippen MR) is 119 cm³/mol. The molecule has 0 radical (unpaired) electrons. The summed E-state index contributed by atoms with van der Waals surface area (Å²) in [6, 6.07) is 0. The van der Waals surface area contributed by atoms with E-state index in [1.165, 1.54) is 77.0 Å². The fraction of sp³-hybridized carbons (Fsp3) is 1.00. The van der Waals surface area contributed by atoms with Crippen LogP contribution in [0.3, 0.4) is 0 Å². The molecular weight excluding hydrogens is 340 g/mol. The molecule has 4 rings (SSSR count). The lowest BCUT2D eigenvalue weighted by Crippen LogP contribution is -2.54. The van der Waals surface area contributed by atoms with E-state index in [-0.39, 0.29) is 6.10 Å². The molecule has 0 amide bonds. The first kappa shape index (κ1) is 21.2. The van der Waals surface area contributed by atoms with Crippen molar-refractivity contribution in [1.82, 2.24) is 0 Å². The van der Waals surface area contributed by atoms with E-state index < -0.39 is 0 Å². The van der Waals surface area contributed by atoms with Crippen molar-refractivity contribution in [2.75, 3.05) is 0 Å². The summed E-state index contributed by atoms with van der Waals surface area (Å²) in [5, 5.41) is 10.3. The molecule has 4 aliphatic carbocycles. The Hall–Kier alpha value is -0.0400. The second-order valence-electron chi connectivity index (χ2n) is 12.1. The van der Waals surface area contributed by atoms with Gasteiger partial charge in [-0.05, 0) is 104 Å². The molecule has 4 fully saturated rings. The van der Waals surface area contributed by atoms with Gasteiger partial charge in [0.25, 0.3) is 0 Å². The van der Waals surface area contributed by atoms with Crippen LogP contribution >= 0.6 is 0 Å². The van der Waals surface area contributed by atoms with Crippen molar-refractivity contribution < 1.29 is 5.11 Å². The van der Waals surface area contributed by atoms with E-state index in [2.05, 4.69) is 27.7 Å². The average Bonchev–Trinajstić information content (AvgIpc) is 3.03. The molecule has 0 bridgehead atoms. The molecule has 0 aromatic heterocycles. The van der Waals surface area contributed by atoms with Gasteiger partial charge < -0.3 is 5.11 Å². The maximum atomic E-state index is 10.3. The number of fused-ring (bicyclic) bond motifs is 5. The Labute approximate surface area is 175 Å². The van der Waals surface area contributed by atoms with E-state index in [0.717, 1.165) is 48.3 Å². The lowest BCUT2D eigenvalue weighted by Gasteiger charge is -2.61. The standard InChI is InChI=1S/C27H48O/c1-5-6-7-8-9-19(2)23-12-13-24-22-11-10-20-18-21(28)14-16-26(20,3)25(22)15-17-27(23,24)4/h19-25,28H,5-18H2,1-4H3/t19?,20-,21-,22-,23+,24-,25-,26-,27+/m0/s1. The number of aliphatic hydroxyl groups excluding tert-OH is 1. The molecule has 1 heteroatoms. The average molecular weight is 389 g/mol. The molecule has 0 aliphatic heterocycles. The molecule has 162 valence electrons. The van der Waals surface area contributed by atoms with Gasteiger partial charge in [-0.15, -0.1) is 0 Å². The Balaban J connectivity index is 1.45. The third-order valence-corrected chi connectivity index (χ3v) is 10.9. The van der Waals surface area contributed by atoms with Gasteiger partial charge in [-0.2, -0.15) is 0 Å². The van der Waals surface area contributed by atoms with Gasteiger partial charge in [0.15, 0.2) is 0 Å². The topological polar surface area (TPSA) is 20.2 Å². The van der Waals surface area contributed by atoms with Crippen molar-refractivity contribution in [3.8, 4) is 0 Å². The molecule has 4 aliphatic rings. The molecule has 0 saturated heterocycles. The van der Waals surface area contributed by atoms with Gasteiger partial charge >= 0.3 is 0 Å². The number of hydrogen-bond acceptors (Lipinski definition) is 1. The second-order valence-corrected chi connectivity index (χ2v) is 12.1. The van der Waals surface area contributed by atoms with Crippen molar-refractivity contribution in [1.29, 1.82) is 0 Å². The molecule has 9 atom stereocenters. The highest BCUT2D eigenvalue weighted by Gasteiger charge is 2.60. The van der Waals surface area contributed by atoms with E-state index in [1.54, 1.807) is 0 Å². The van der Waals surface area contributed by atoms with Crippen LogP contribution in [0.5, 0.6) is 0 Å². The summed E-state index contributed by atoms with van der Waals surface area (Å²) in [6.07, 6.45) is 19.5. The molecule has 0 spiro atoms. The van der Waals surface area contributed by atoms with E-state index in [1.807, 2.05) is 0 Å². The zero-order chi connectivity index (χ0) is 19.9. The van der Waals surface area contributed by atoms with Crippen molar-refractivity contribution in [2.24, 2.45) is 46.3 Å².